The highest BCUT2D eigenvalue weighted by molar-refractivity contribution is 5.89. The number of hydrogen-bond donors (Lipinski definition) is 2. The van der Waals surface area contributed by atoms with Crippen molar-refractivity contribution in [2.24, 2.45) is 0 Å². The lowest BCUT2D eigenvalue weighted by Crippen LogP contribution is -2.37. The summed E-state index contributed by atoms with van der Waals surface area (Å²) in [6, 6.07) is 22.8. The Morgan fingerprint density at radius 1 is 0.971 bits per heavy atom. The number of benzene rings is 3. The van der Waals surface area contributed by atoms with Crippen molar-refractivity contribution in [2.75, 3.05) is 25.1 Å². The molecule has 2 amide bonds. The van der Waals surface area contributed by atoms with Crippen molar-refractivity contribution < 1.29 is 14.3 Å². The van der Waals surface area contributed by atoms with Gasteiger partial charge in [-0.2, -0.15) is 0 Å². The standard InChI is InChI=1S/C28H27N3O4/c1-19-7-9-23(10-8-19)29-28(33)31(12-11-20-5-3-2-4-6-20)18-22-15-21-16-25-26(35-14-13-34-25)17-24(21)30-27(22)32/h2-10,15-17H,11-14,18H2,1H3,(H,29,33)(H,30,32). The van der Waals surface area contributed by atoms with Crippen molar-refractivity contribution in [1.29, 1.82) is 0 Å². The van der Waals surface area contributed by atoms with Crippen LogP contribution in [0.4, 0.5) is 10.5 Å². The summed E-state index contributed by atoms with van der Waals surface area (Å²) < 4.78 is 11.3. The first kappa shape index (κ1) is 22.5. The van der Waals surface area contributed by atoms with E-state index in [4.69, 9.17) is 9.47 Å². The van der Waals surface area contributed by atoms with Crippen molar-refractivity contribution in [1.82, 2.24) is 9.88 Å². The number of aryl methyl sites for hydroxylation is 1. The van der Waals surface area contributed by atoms with E-state index >= 15 is 0 Å². The van der Waals surface area contributed by atoms with Gasteiger partial charge in [-0.15, -0.1) is 0 Å². The summed E-state index contributed by atoms with van der Waals surface area (Å²) in [5.41, 5.74) is 3.88. The van der Waals surface area contributed by atoms with Crippen molar-refractivity contribution >= 4 is 22.6 Å². The highest BCUT2D eigenvalue weighted by Crippen LogP contribution is 2.33. The quantitative estimate of drug-likeness (QED) is 0.421. The van der Waals surface area contributed by atoms with Crippen LogP contribution in [0.3, 0.4) is 0 Å². The number of anilines is 1. The largest absolute Gasteiger partial charge is 0.486 e. The molecule has 7 heteroatoms. The van der Waals surface area contributed by atoms with Crippen molar-refractivity contribution in [3.63, 3.8) is 0 Å². The minimum absolute atomic E-state index is 0.171. The topological polar surface area (TPSA) is 83.7 Å². The number of carbonyl (C=O) groups excluding carboxylic acids is 1. The molecule has 0 fully saturated rings. The summed E-state index contributed by atoms with van der Waals surface area (Å²) in [7, 11) is 0. The molecule has 0 spiro atoms. The molecule has 1 aliphatic heterocycles. The van der Waals surface area contributed by atoms with Crippen LogP contribution in [-0.2, 0) is 13.0 Å². The molecule has 0 aliphatic carbocycles. The van der Waals surface area contributed by atoms with E-state index in [-0.39, 0.29) is 18.1 Å². The van der Waals surface area contributed by atoms with E-state index in [1.807, 2.05) is 73.7 Å². The first-order valence-corrected chi connectivity index (χ1v) is 11.7. The van der Waals surface area contributed by atoms with Crippen LogP contribution < -0.4 is 20.3 Å². The summed E-state index contributed by atoms with van der Waals surface area (Å²) in [6.07, 6.45) is 0.673. The fourth-order valence-electron chi connectivity index (χ4n) is 4.11. The second kappa shape index (κ2) is 9.93. The average Bonchev–Trinajstić information content (AvgIpc) is 2.87. The highest BCUT2D eigenvalue weighted by atomic mass is 16.6. The third-order valence-corrected chi connectivity index (χ3v) is 6.05. The molecule has 0 bridgehead atoms. The molecule has 0 saturated carbocycles. The molecular formula is C28H27N3O4. The molecular weight excluding hydrogens is 442 g/mol. The predicted molar refractivity (Wildman–Crippen MR) is 136 cm³/mol. The lowest BCUT2D eigenvalue weighted by Gasteiger charge is -2.23. The molecule has 2 heterocycles. The molecule has 0 saturated heterocycles. The molecule has 178 valence electrons. The van der Waals surface area contributed by atoms with Gasteiger partial charge in [0, 0.05) is 29.2 Å². The molecule has 1 aromatic heterocycles. The molecule has 1 aliphatic rings. The van der Waals surface area contributed by atoms with E-state index in [0.29, 0.717) is 54.4 Å². The van der Waals surface area contributed by atoms with E-state index in [9.17, 15) is 9.59 Å². The first-order valence-electron chi connectivity index (χ1n) is 11.7. The summed E-state index contributed by atoms with van der Waals surface area (Å²) >= 11 is 0. The van der Waals surface area contributed by atoms with Gasteiger partial charge in [-0.1, -0.05) is 48.0 Å². The fourth-order valence-corrected chi connectivity index (χ4v) is 4.11. The first-order chi connectivity index (χ1) is 17.0. The zero-order valence-corrected chi connectivity index (χ0v) is 19.5. The zero-order valence-electron chi connectivity index (χ0n) is 19.5. The average molecular weight is 470 g/mol. The summed E-state index contributed by atoms with van der Waals surface area (Å²) in [6.45, 7) is 3.59. The Kier molecular flexibility index (Phi) is 6.39. The second-order valence-electron chi connectivity index (χ2n) is 8.66. The van der Waals surface area contributed by atoms with E-state index in [0.717, 1.165) is 16.5 Å². The fraction of sp³-hybridized carbons (Fsp3) is 0.214. The second-order valence-corrected chi connectivity index (χ2v) is 8.66. The van der Waals surface area contributed by atoms with Crippen LogP contribution in [0.5, 0.6) is 11.5 Å². The highest BCUT2D eigenvalue weighted by Gasteiger charge is 2.18. The number of amides is 2. The predicted octanol–water partition coefficient (Wildman–Crippen LogP) is 4.88. The Balaban J connectivity index is 1.42. The monoisotopic (exact) mass is 469 g/mol. The number of carbonyl (C=O) groups is 1. The third-order valence-electron chi connectivity index (χ3n) is 6.05. The van der Waals surface area contributed by atoms with Gasteiger partial charge in [0.05, 0.1) is 12.1 Å². The Hall–Kier alpha value is -4.26. The van der Waals surface area contributed by atoms with Gasteiger partial charge in [0.2, 0.25) is 0 Å². The molecule has 2 N–H and O–H groups in total. The maximum absolute atomic E-state index is 13.3. The summed E-state index contributed by atoms with van der Waals surface area (Å²) in [5.74, 6) is 1.27. The van der Waals surface area contributed by atoms with Crippen LogP contribution in [0.25, 0.3) is 10.9 Å². The molecule has 0 radical (unpaired) electrons. The van der Waals surface area contributed by atoms with Gasteiger partial charge >= 0.3 is 6.03 Å². The van der Waals surface area contributed by atoms with E-state index < -0.39 is 0 Å². The number of urea groups is 1. The van der Waals surface area contributed by atoms with Gasteiger partial charge in [0.1, 0.15) is 13.2 Å². The molecule has 0 atom stereocenters. The Morgan fingerprint density at radius 2 is 1.69 bits per heavy atom. The minimum Gasteiger partial charge on any atom is -0.486 e. The number of H-pyrrole nitrogens is 1. The van der Waals surface area contributed by atoms with Crippen LogP contribution in [-0.4, -0.2) is 35.7 Å². The van der Waals surface area contributed by atoms with Crippen molar-refractivity contribution in [3.05, 3.63) is 99.8 Å². The minimum atomic E-state index is -0.258. The van der Waals surface area contributed by atoms with E-state index in [1.54, 1.807) is 11.0 Å². The number of nitrogens with one attached hydrogen (secondary N) is 2. The normalized spacial score (nSPS) is 12.4. The van der Waals surface area contributed by atoms with Gasteiger partial charge in [-0.05, 0) is 43.2 Å². The van der Waals surface area contributed by atoms with Crippen LogP contribution in [0, 0.1) is 6.92 Å². The van der Waals surface area contributed by atoms with Crippen molar-refractivity contribution in [2.45, 2.75) is 19.9 Å². The molecule has 5 rings (SSSR count). The Labute approximate surface area is 203 Å². The molecule has 0 unspecified atom stereocenters. The smallest absolute Gasteiger partial charge is 0.322 e. The SMILES string of the molecule is Cc1ccc(NC(=O)N(CCc2ccccc2)Cc2cc3cc4c(cc3[nH]c2=O)OCCO4)cc1. The maximum atomic E-state index is 13.3. The number of aromatic amines is 1. The molecule has 7 nitrogen and oxygen atoms in total. The Bertz CT molecular complexity index is 1400. The van der Waals surface area contributed by atoms with Crippen LogP contribution in [0.1, 0.15) is 16.7 Å². The van der Waals surface area contributed by atoms with Gasteiger partial charge in [-0.3, -0.25) is 4.79 Å². The van der Waals surface area contributed by atoms with Gasteiger partial charge in [-0.25, -0.2) is 4.79 Å². The molecule has 3 aromatic carbocycles. The van der Waals surface area contributed by atoms with Gasteiger partial charge < -0.3 is 24.7 Å². The number of rotatable bonds is 6. The van der Waals surface area contributed by atoms with Gasteiger partial charge in [0.15, 0.2) is 11.5 Å². The summed E-state index contributed by atoms with van der Waals surface area (Å²) in [4.78, 5) is 30.8. The van der Waals surface area contributed by atoms with E-state index in [1.165, 1.54) is 0 Å². The number of hydrogen-bond acceptors (Lipinski definition) is 4. The van der Waals surface area contributed by atoms with Crippen LogP contribution >= 0.6 is 0 Å². The van der Waals surface area contributed by atoms with Crippen LogP contribution in [0.2, 0.25) is 0 Å². The maximum Gasteiger partial charge on any atom is 0.322 e. The number of ether oxygens (including phenoxy) is 2. The Morgan fingerprint density at radius 3 is 2.43 bits per heavy atom. The number of nitrogens with zero attached hydrogens (tertiary/aromatic N) is 1. The molecule has 4 aromatic rings. The lowest BCUT2D eigenvalue weighted by molar-refractivity contribution is 0.172. The van der Waals surface area contributed by atoms with E-state index in [2.05, 4.69) is 10.3 Å². The number of pyridine rings is 1. The molecule has 35 heavy (non-hydrogen) atoms. The third kappa shape index (κ3) is 5.30. The number of aromatic nitrogens is 1. The zero-order chi connectivity index (χ0) is 24.2. The lowest BCUT2D eigenvalue weighted by atomic mass is 10.1. The number of fused-ring (bicyclic) bond motifs is 2. The van der Waals surface area contributed by atoms with Crippen molar-refractivity contribution in [3.8, 4) is 11.5 Å². The summed E-state index contributed by atoms with van der Waals surface area (Å²) in [5, 5.41) is 3.79. The van der Waals surface area contributed by atoms with Gasteiger partial charge in [0.25, 0.3) is 5.56 Å². The van der Waals surface area contributed by atoms with Crippen LogP contribution in [0.15, 0.2) is 77.6 Å².